The Morgan fingerprint density at radius 2 is 2.17 bits per heavy atom. The van der Waals surface area contributed by atoms with Crippen LogP contribution in [0.5, 0.6) is 0 Å². The van der Waals surface area contributed by atoms with Gasteiger partial charge in [-0.2, -0.15) is 10.2 Å². The summed E-state index contributed by atoms with van der Waals surface area (Å²) in [4.78, 5) is 11.1. The molecule has 2 rings (SSSR count). The molecule has 0 saturated heterocycles. The summed E-state index contributed by atoms with van der Waals surface area (Å²) in [6.45, 7) is 2.45. The average molecular weight is 248 g/mol. The fourth-order valence-corrected chi connectivity index (χ4v) is 1.99. The molecule has 0 atom stereocenters. The summed E-state index contributed by atoms with van der Waals surface area (Å²) in [5.74, 6) is 0.262. The largest absolute Gasteiger partial charge is 0.364 e. The lowest BCUT2D eigenvalue weighted by molar-refractivity contribution is 0.0995. The Labute approximate surface area is 104 Å². The molecular formula is C11H16N6O. The van der Waals surface area contributed by atoms with Crippen LogP contribution in [0.1, 0.15) is 21.7 Å². The maximum Gasteiger partial charge on any atom is 0.269 e. The number of aryl methyl sites for hydroxylation is 2. The van der Waals surface area contributed by atoms with E-state index in [1.165, 1.54) is 0 Å². The number of hydrogen-bond acceptors (Lipinski definition) is 4. The monoisotopic (exact) mass is 248 g/mol. The molecule has 0 aliphatic rings. The third-order valence-electron chi connectivity index (χ3n) is 2.77. The van der Waals surface area contributed by atoms with Gasteiger partial charge in [-0.3, -0.25) is 9.48 Å². The van der Waals surface area contributed by atoms with Crippen molar-refractivity contribution in [1.82, 2.24) is 19.6 Å². The van der Waals surface area contributed by atoms with Gasteiger partial charge >= 0.3 is 0 Å². The second kappa shape index (κ2) is 4.61. The molecule has 2 aromatic heterocycles. The quantitative estimate of drug-likeness (QED) is 0.762. The van der Waals surface area contributed by atoms with Gasteiger partial charge in [0.2, 0.25) is 0 Å². The first kappa shape index (κ1) is 12.3. The van der Waals surface area contributed by atoms with Crippen molar-refractivity contribution >= 4 is 5.91 Å². The SMILES string of the molecule is Cc1nn(C)c(-n2ccc(C(N)=O)n2)c1CCN. The number of amides is 1. The lowest BCUT2D eigenvalue weighted by Gasteiger charge is -2.05. The zero-order valence-corrected chi connectivity index (χ0v) is 10.4. The van der Waals surface area contributed by atoms with Crippen LogP contribution in [0.15, 0.2) is 12.3 Å². The van der Waals surface area contributed by atoms with Crippen molar-refractivity contribution in [3.63, 3.8) is 0 Å². The van der Waals surface area contributed by atoms with Gasteiger partial charge < -0.3 is 11.5 Å². The molecule has 0 fully saturated rings. The number of hydrogen-bond donors (Lipinski definition) is 2. The standard InChI is InChI=1S/C11H16N6O/c1-7-8(3-5-12)11(16(2)14-7)17-6-4-9(15-17)10(13)18/h4,6H,3,5,12H2,1-2H3,(H2,13,18). The molecule has 2 heterocycles. The van der Waals surface area contributed by atoms with Gasteiger partial charge in [-0.15, -0.1) is 0 Å². The van der Waals surface area contributed by atoms with E-state index in [0.717, 1.165) is 17.1 Å². The zero-order chi connectivity index (χ0) is 13.3. The first-order valence-corrected chi connectivity index (χ1v) is 5.63. The molecule has 1 amide bonds. The highest BCUT2D eigenvalue weighted by Crippen LogP contribution is 2.17. The van der Waals surface area contributed by atoms with Gasteiger partial charge in [0.05, 0.1) is 5.69 Å². The van der Waals surface area contributed by atoms with Crippen molar-refractivity contribution in [2.24, 2.45) is 18.5 Å². The van der Waals surface area contributed by atoms with Crippen LogP contribution in [-0.2, 0) is 13.5 Å². The van der Waals surface area contributed by atoms with Crippen LogP contribution in [0.3, 0.4) is 0 Å². The first-order valence-electron chi connectivity index (χ1n) is 5.63. The molecule has 4 N–H and O–H groups in total. The smallest absolute Gasteiger partial charge is 0.269 e. The molecule has 0 unspecified atom stereocenters. The van der Waals surface area contributed by atoms with E-state index in [1.807, 2.05) is 14.0 Å². The number of nitrogens with two attached hydrogens (primary N) is 2. The Hall–Kier alpha value is -2.15. The second-order valence-electron chi connectivity index (χ2n) is 4.06. The number of carbonyl (C=O) groups excluding carboxylic acids is 1. The third-order valence-corrected chi connectivity index (χ3v) is 2.77. The molecular weight excluding hydrogens is 232 g/mol. The minimum Gasteiger partial charge on any atom is -0.364 e. The first-order chi connectivity index (χ1) is 8.54. The normalized spacial score (nSPS) is 10.8. The van der Waals surface area contributed by atoms with Crippen LogP contribution in [0.4, 0.5) is 0 Å². The fourth-order valence-electron chi connectivity index (χ4n) is 1.99. The molecule has 0 bridgehead atoms. The second-order valence-corrected chi connectivity index (χ2v) is 4.06. The fraction of sp³-hybridized carbons (Fsp3) is 0.364. The number of nitrogens with zero attached hydrogens (tertiary/aromatic N) is 4. The van der Waals surface area contributed by atoms with E-state index >= 15 is 0 Å². The molecule has 7 nitrogen and oxygen atoms in total. The van der Waals surface area contributed by atoms with Gasteiger partial charge in [0.1, 0.15) is 5.69 Å². The van der Waals surface area contributed by atoms with Gasteiger partial charge in [-0.25, -0.2) is 4.68 Å². The minimum atomic E-state index is -0.548. The van der Waals surface area contributed by atoms with E-state index in [-0.39, 0.29) is 5.69 Å². The van der Waals surface area contributed by atoms with E-state index in [4.69, 9.17) is 11.5 Å². The lowest BCUT2D eigenvalue weighted by atomic mass is 10.2. The van der Waals surface area contributed by atoms with E-state index in [2.05, 4.69) is 10.2 Å². The topological polar surface area (TPSA) is 105 Å². The molecule has 18 heavy (non-hydrogen) atoms. The Morgan fingerprint density at radius 1 is 1.44 bits per heavy atom. The highest BCUT2D eigenvalue weighted by molar-refractivity contribution is 5.90. The van der Waals surface area contributed by atoms with Crippen molar-refractivity contribution in [2.45, 2.75) is 13.3 Å². The van der Waals surface area contributed by atoms with Crippen molar-refractivity contribution in [3.05, 3.63) is 29.2 Å². The van der Waals surface area contributed by atoms with Crippen molar-refractivity contribution < 1.29 is 4.79 Å². The third kappa shape index (κ3) is 2.00. The van der Waals surface area contributed by atoms with Crippen LogP contribution in [0.2, 0.25) is 0 Å². The van der Waals surface area contributed by atoms with E-state index in [9.17, 15) is 4.79 Å². The number of carbonyl (C=O) groups is 1. The number of rotatable bonds is 4. The Morgan fingerprint density at radius 3 is 2.72 bits per heavy atom. The summed E-state index contributed by atoms with van der Waals surface area (Å²) in [6.07, 6.45) is 2.40. The van der Waals surface area contributed by atoms with Gasteiger partial charge in [0.25, 0.3) is 5.91 Å². The highest BCUT2D eigenvalue weighted by atomic mass is 16.1. The Balaban J connectivity index is 2.51. The van der Waals surface area contributed by atoms with Crippen LogP contribution < -0.4 is 11.5 Å². The summed E-state index contributed by atoms with van der Waals surface area (Å²) in [7, 11) is 1.83. The van der Waals surface area contributed by atoms with E-state index < -0.39 is 5.91 Å². The summed E-state index contributed by atoms with van der Waals surface area (Å²) < 4.78 is 3.32. The van der Waals surface area contributed by atoms with Crippen LogP contribution in [0, 0.1) is 6.92 Å². The van der Waals surface area contributed by atoms with E-state index in [1.54, 1.807) is 21.6 Å². The van der Waals surface area contributed by atoms with Crippen molar-refractivity contribution in [2.75, 3.05) is 6.54 Å². The highest BCUT2D eigenvalue weighted by Gasteiger charge is 2.16. The maximum absolute atomic E-state index is 11.1. The van der Waals surface area contributed by atoms with Crippen LogP contribution in [0.25, 0.3) is 5.82 Å². The van der Waals surface area contributed by atoms with Crippen LogP contribution >= 0.6 is 0 Å². The van der Waals surface area contributed by atoms with Crippen molar-refractivity contribution in [1.29, 1.82) is 0 Å². The molecule has 96 valence electrons. The Kier molecular flexibility index (Phi) is 3.15. The lowest BCUT2D eigenvalue weighted by Crippen LogP contribution is -2.14. The van der Waals surface area contributed by atoms with Crippen molar-refractivity contribution in [3.8, 4) is 5.82 Å². The maximum atomic E-state index is 11.1. The molecule has 0 aliphatic carbocycles. The number of aromatic nitrogens is 4. The Bertz CT molecular complexity index is 582. The summed E-state index contributed by atoms with van der Waals surface area (Å²) >= 11 is 0. The average Bonchev–Trinajstić information content (AvgIpc) is 2.86. The zero-order valence-electron chi connectivity index (χ0n) is 10.4. The van der Waals surface area contributed by atoms with E-state index in [0.29, 0.717) is 13.0 Å². The molecule has 0 saturated carbocycles. The molecule has 2 aromatic rings. The van der Waals surface area contributed by atoms with Gasteiger partial charge in [-0.1, -0.05) is 0 Å². The molecule has 0 radical (unpaired) electrons. The molecule has 0 aliphatic heterocycles. The predicted molar refractivity (Wildman–Crippen MR) is 66.3 cm³/mol. The van der Waals surface area contributed by atoms with Gasteiger partial charge in [-0.05, 0) is 26.0 Å². The molecule has 0 aromatic carbocycles. The van der Waals surface area contributed by atoms with Gasteiger partial charge in [0, 0.05) is 18.8 Å². The summed E-state index contributed by atoms with van der Waals surface area (Å²) in [5, 5.41) is 8.48. The summed E-state index contributed by atoms with van der Waals surface area (Å²) in [6, 6.07) is 1.58. The molecule has 0 spiro atoms. The summed E-state index contributed by atoms with van der Waals surface area (Å²) in [5.41, 5.74) is 13.0. The molecule has 7 heteroatoms. The minimum absolute atomic E-state index is 0.229. The van der Waals surface area contributed by atoms with Gasteiger partial charge in [0.15, 0.2) is 5.82 Å². The predicted octanol–water partition coefficient (Wildman–Crippen LogP) is -0.486. The van der Waals surface area contributed by atoms with Crippen LogP contribution in [-0.4, -0.2) is 32.0 Å². The number of primary amides is 1.